The molecule has 1 aliphatic rings. The Labute approximate surface area is 200 Å². The lowest BCUT2D eigenvalue weighted by molar-refractivity contribution is 0.129. The molecule has 1 N–H and O–H groups in total. The predicted molar refractivity (Wildman–Crippen MR) is 131 cm³/mol. The molecule has 31 heavy (non-hydrogen) atoms. The molecule has 1 unspecified atom stereocenters. The highest BCUT2D eigenvalue weighted by molar-refractivity contribution is 14.0. The van der Waals surface area contributed by atoms with Crippen molar-refractivity contribution < 1.29 is 13.5 Å². The normalized spacial score (nSPS) is 16.1. The molecule has 0 aliphatic carbocycles. The van der Waals surface area contributed by atoms with Crippen molar-refractivity contribution in [2.45, 2.75) is 25.0 Å². The van der Waals surface area contributed by atoms with Crippen molar-refractivity contribution in [3.8, 4) is 5.75 Å². The van der Waals surface area contributed by atoms with Crippen LogP contribution in [0.1, 0.15) is 24.4 Å². The van der Waals surface area contributed by atoms with Crippen LogP contribution in [0, 0.1) is 11.6 Å². The van der Waals surface area contributed by atoms with E-state index in [0.717, 1.165) is 37.6 Å². The Hall–Kier alpha value is -1.94. The van der Waals surface area contributed by atoms with Crippen molar-refractivity contribution in [2.75, 3.05) is 40.8 Å². The summed E-state index contributed by atoms with van der Waals surface area (Å²) in [5.41, 5.74) is 0.0698. The van der Waals surface area contributed by atoms with Crippen molar-refractivity contribution in [3.63, 3.8) is 0 Å². The van der Waals surface area contributed by atoms with Gasteiger partial charge in [-0.1, -0.05) is 24.3 Å². The van der Waals surface area contributed by atoms with E-state index in [1.807, 2.05) is 49.3 Å². The summed E-state index contributed by atoms with van der Waals surface area (Å²) in [6.07, 6.45) is 1.94. The first-order chi connectivity index (χ1) is 14.5. The minimum atomic E-state index is -0.538. The van der Waals surface area contributed by atoms with Gasteiger partial charge >= 0.3 is 0 Å². The number of rotatable bonds is 6. The number of likely N-dealkylation sites (N-methyl/N-ethyl adjacent to an activating group) is 1. The molecule has 0 saturated carbocycles. The summed E-state index contributed by atoms with van der Waals surface area (Å²) in [5.74, 6) is 0.546. The summed E-state index contributed by atoms with van der Waals surface area (Å²) in [5, 5.41) is 3.30. The largest absolute Gasteiger partial charge is 0.490 e. The molecule has 1 fully saturated rings. The molecule has 2 aromatic rings. The minimum absolute atomic E-state index is 0. The van der Waals surface area contributed by atoms with E-state index in [1.54, 1.807) is 7.05 Å². The average Bonchev–Trinajstić information content (AvgIpc) is 2.74. The molecule has 8 heteroatoms. The summed E-state index contributed by atoms with van der Waals surface area (Å²) < 4.78 is 34.6. The summed E-state index contributed by atoms with van der Waals surface area (Å²) in [6.45, 7) is 1.95. The fourth-order valence-corrected chi connectivity index (χ4v) is 3.77. The highest BCUT2D eigenvalue weighted by Gasteiger charge is 2.25. The number of likely N-dealkylation sites (tertiary alicyclic amines) is 1. The molecule has 0 aromatic heterocycles. The van der Waals surface area contributed by atoms with Crippen molar-refractivity contribution in [3.05, 3.63) is 65.7 Å². The van der Waals surface area contributed by atoms with Gasteiger partial charge in [-0.3, -0.25) is 4.99 Å². The zero-order valence-corrected chi connectivity index (χ0v) is 20.6. The molecule has 1 atom stereocenters. The first-order valence-corrected chi connectivity index (χ1v) is 10.3. The first-order valence-electron chi connectivity index (χ1n) is 10.3. The molecule has 0 spiro atoms. The summed E-state index contributed by atoms with van der Waals surface area (Å²) in [4.78, 5) is 8.34. The number of para-hydroxylation sites is 1. The fraction of sp³-hybridized carbons (Fsp3) is 0.435. The number of aliphatic imine (C=N–C) groups is 1. The van der Waals surface area contributed by atoms with Crippen molar-refractivity contribution in [1.82, 2.24) is 15.1 Å². The smallest absolute Gasteiger partial charge is 0.193 e. The number of piperidine rings is 1. The first kappa shape index (κ1) is 25.3. The van der Waals surface area contributed by atoms with Crippen LogP contribution in [0.4, 0.5) is 8.78 Å². The van der Waals surface area contributed by atoms with Gasteiger partial charge in [-0.25, -0.2) is 8.78 Å². The SMILES string of the molecule is CN=C(NCC(c1c(F)cccc1F)N(C)C)N1CCC(Oc2ccccc2)CC1.I. The number of ether oxygens (including phenoxy) is 1. The molecular formula is C23H31F2IN4O. The molecular weight excluding hydrogens is 513 g/mol. The lowest BCUT2D eigenvalue weighted by atomic mass is 10.0. The monoisotopic (exact) mass is 544 g/mol. The van der Waals surface area contributed by atoms with Crippen LogP contribution >= 0.6 is 24.0 Å². The van der Waals surface area contributed by atoms with Gasteiger partial charge in [0.2, 0.25) is 0 Å². The maximum atomic E-state index is 14.3. The third-order valence-corrected chi connectivity index (χ3v) is 5.41. The zero-order chi connectivity index (χ0) is 21.5. The molecule has 5 nitrogen and oxygen atoms in total. The fourth-order valence-electron chi connectivity index (χ4n) is 3.77. The molecule has 0 amide bonds. The van der Waals surface area contributed by atoms with Gasteiger partial charge in [0, 0.05) is 45.1 Å². The summed E-state index contributed by atoms with van der Waals surface area (Å²) in [6, 6.07) is 13.4. The zero-order valence-electron chi connectivity index (χ0n) is 18.2. The van der Waals surface area contributed by atoms with Crippen LogP contribution in [-0.2, 0) is 0 Å². The lowest BCUT2D eigenvalue weighted by Crippen LogP contribution is -2.49. The van der Waals surface area contributed by atoms with Crippen LogP contribution in [0.3, 0.4) is 0 Å². The van der Waals surface area contributed by atoms with Crippen LogP contribution in [0.15, 0.2) is 53.5 Å². The van der Waals surface area contributed by atoms with E-state index >= 15 is 0 Å². The molecule has 2 aromatic carbocycles. The van der Waals surface area contributed by atoms with Gasteiger partial charge in [0.25, 0.3) is 0 Å². The number of nitrogens with zero attached hydrogens (tertiary/aromatic N) is 3. The lowest BCUT2D eigenvalue weighted by Gasteiger charge is -2.35. The third kappa shape index (κ3) is 6.77. The highest BCUT2D eigenvalue weighted by Crippen LogP contribution is 2.24. The second-order valence-corrected chi connectivity index (χ2v) is 7.66. The molecule has 0 bridgehead atoms. The van der Waals surface area contributed by atoms with E-state index in [9.17, 15) is 8.78 Å². The molecule has 0 radical (unpaired) electrons. The Morgan fingerprint density at radius 2 is 1.71 bits per heavy atom. The quantitative estimate of drug-likeness (QED) is 0.335. The molecule has 3 rings (SSSR count). The third-order valence-electron chi connectivity index (χ3n) is 5.41. The standard InChI is InChI=1S/C23H30F2N4O.HI/c1-26-23(27-16-21(28(2)3)22-19(24)10-7-11-20(22)25)29-14-12-18(13-15-29)30-17-8-5-4-6-9-17;/h4-11,18,21H,12-16H2,1-3H3,(H,26,27);1H. The topological polar surface area (TPSA) is 40.1 Å². The van der Waals surface area contributed by atoms with Gasteiger partial charge in [0.05, 0.1) is 6.04 Å². The second kappa shape index (κ2) is 12.2. The van der Waals surface area contributed by atoms with Crippen LogP contribution < -0.4 is 10.1 Å². The van der Waals surface area contributed by atoms with Crippen molar-refractivity contribution in [1.29, 1.82) is 0 Å². The summed E-state index contributed by atoms with van der Waals surface area (Å²) >= 11 is 0. The van der Waals surface area contributed by atoms with Crippen LogP contribution in [-0.4, -0.2) is 62.6 Å². The molecule has 1 aliphatic heterocycles. The van der Waals surface area contributed by atoms with Gasteiger partial charge in [-0.2, -0.15) is 0 Å². The number of benzene rings is 2. The van der Waals surface area contributed by atoms with E-state index in [1.165, 1.54) is 18.2 Å². The maximum Gasteiger partial charge on any atom is 0.193 e. The number of nitrogens with one attached hydrogen (secondary N) is 1. The Morgan fingerprint density at radius 3 is 2.26 bits per heavy atom. The number of halogens is 3. The van der Waals surface area contributed by atoms with Gasteiger partial charge < -0.3 is 19.9 Å². The van der Waals surface area contributed by atoms with E-state index < -0.39 is 17.7 Å². The predicted octanol–water partition coefficient (Wildman–Crippen LogP) is 4.30. The minimum Gasteiger partial charge on any atom is -0.490 e. The summed E-state index contributed by atoms with van der Waals surface area (Å²) in [7, 11) is 5.35. The second-order valence-electron chi connectivity index (χ2n) is 7.66. The molecule has 1 saturated heterocycles. The Morgan fingerprint density at radius 1 is 1.10 bits per heavy atom. The van der Waals surface area contributed by atoms with Crippen LogP contribution in [0.5, 0.6) is 5.75 Å². The Bertz CT molecular complexity index is 822. The van der Waals surface area contributed by atoms with Crippen LogP contribution in [0.25, 0.3) is 0 Å². The van der Waals surface area contributed by atoms with Gasteiger partial charge in [0.1, 0.15) is 23.5 Å². The Kier molecular flexibility index (Phi) is 9.95. The van der Waals surface area contributed by atoms with E-state index in [-0.39, 0.29) is 35.6 Å². The number of hydrogen-bond donors (Lipinski definition) is 1. The number of guanidine groups is 1. The van der Waals surface area contributed by atoms with Crippen molar-refractivity contribution in [2.24, 2.45) is 4.99 Å². The Balaban J connectivity index is 0.00000341. The van der Waals surface area contributed by atoms with Crippen molar-refractivity contribution >= 4 is 29.9 Å². The average molecular weight is 544 g/mol. The maximum absolute atomic E-state index is 14.3. The number of hydrogen-bond acceptors (Lipinski definition) is 3. The van der Waals surface area contributed by atoms with E-state index in [4.69, 9.17) is 4.74 Å². The highest BCUT2D eigenvalue weighted by atomic mass is 127. The molecule has 1 heterocycles. The van der Waals surface area contributed by atoms with E-state index in [0.29, 0.717) is 6.54 Å². The molecule has 170 valence electrons. The van der Waals surface area contributed by atoms with E-state index in [2.05, 4.69) is 15.2 Å². The van der Waals surface area contributed by atoms with Gasteiger partial charge in [0.15, 0.2) is 5.96 Å². The van der Waals surface area contributed by atoms with Gasteiger partial charge in [-0.05, 0) is 38.4 Å². The van der Waals surface area contributed by atoms with Gasteiger partial charge in [-0.15, -0.1) is 24.0 Å². The van der Waals surface area contributed by atoms with Crippen LogP contribution in [0.2, 0.25) is 0 Å².